The van der Waals surface area contributed by atoms with Gasteiger partial charge in [-0.3, -0.25) is 9.80 Å². The molecule has 1 aromatic carbocycles. The van der Waals surface area contributed by atoms with E-state index in [1.807, 2.05) is 5.01 Å². The number of Topliss-reactive ketones (excluding diaryl/α,β-unsaturated/α-hetero) is 1. The Bertz CT molecular complexity index is 394. The number of halogens is 1. The number of benzene rings is 1. The van der Waals surface area contributed by atoms with Crippen molar-refractivity contribution in [3.05, 3.63) is 34.9 Å². The van der Waals surface area contributed by atoms with Crippen molar-refractivity contribution < 1.29 is 4.79 Å². The molecule has 4 heteroatoms. The van der Waals surface area contributed by atoms with Gasteiger partial charge >= 0.3 is 0 Å². The molecule has 1 aromatic rings. The smallest absolute Gasteiger partial charge is 0.205 e. The minimum Gasteiger partial charge on any atom is -0.297 e. The second kappa shape index (κ2) is 5.12. The Labute approximate surface area is 99.7 Å². The van der Waals surface area contributed by atoms with E-state index in [0.29, 0.717) is 10.6 Å². The highest BCUT2D eigenvalue weighted by Crippen LogP contribution is 2.10. The summed E-state index contributed by atoms with van der Waals surface area (Å²) in [5.41, 5.74) is 0.618. The van der Waals surface area contributed by atoms with E-state index in [4.69, 9.17) is 11.6 Å². The quantitative estimate of drug-likeness (QED) is 0.597. The lowest BCUT2D eigenvalue weighted by atomic mass is 10.1. The predicted molar refractivity (Wildman–Crippen MR) is 65.1 cm³/mol. The summed E-state index contributed by atoms with van der Waals surface area (Å²) in [6.45, 7) is 1.90. The molecule has 1 heterocycles. The van der Waals surface area contributed by atoms with Crippen LogP contribution in [0.4, 0.5) is 0 Å². The standard InChI is InChI=1S/C12H13ClN2O/c13-11-5-3-10(4-6-11)12(16)9-14-15-7-1-2-8-15/h3-6,9H,1-2,7-8H2. The molecule has 2 rings (SSSR count). The molecule has 1 aliphatic heterocycles. The second-order valence-corrected chi connectivity index (χ2v) is 4.21. The van der Waals surface area contributed by atoms with Crippen LogP contribution in [0, 0.1) is 0 Å². The van der Waals surface area contributed by atoms with Gasteiger partial charge in [0, 0.05) is 23.7 Å². The third-order valence-corrected chi connectivity index (χ3v) is 2.80. The summed E-state index contributed by atoms with van der Waals surface area (Å²) in [5.74, 6) is -0.0800. The van der Waals surface area contributed by atoms with Crippen molar-refractivity contribution in [1.82, 2.24) is 5.01 Å². The number of hydrazone groups is 1. The van der Waals surface area contributed by atoms with E-state index in [2.05, 4.69) is 5.10 Å². The van der Waals surface area contributed by atoms with E-state index >= 15 is 0 Å². The largest absolute Gasteiger partial charge is 0.297 e. The fraction of sp³-hybridized carbons (Fsp3) is 0.333. The van der Waals surface area contributed by atoms with Gasteiger partial charge in [0.05, 0.1) is 6.21 Å². The van der Waals surface area contributed by atoms with Gasteiger partial charge in [-0.15, -0.1) is 0 Å². The highest BCUT2D eigenvalue weighted by molar-refractivity contribution is 6.35. The van der Waals surface area contributed by atoms with Crippen LogP contribution in [0.5, 0.6) is 0 Å². The average Bonchev–Trinajstić information content (AvgIpc) is 2.80. The first-order chi connectivity index (χ1) is 7.75. The number of rotatable bonds is 3. The minimum atomic E-state index is -0.0800. The first-order valence-electron chi connectivity index (χ1n) is 5.34. The van der Waals surface area contributed by atoms with Crippen molar-refractivity contribution in [2.75, 3.05) is 13.1 Å². The van der Waals surface area contributed by atoms with Crippen LogP contribution in [0.2, 0.25) is 5.02 Å². The van der Waals surface area contributed by atoms with Gasteiger partial charge in [-0.05, 0) is 37.1 Å². The fourth-order valence-corrected chi connectivity index (χ4v) is 1.76. The summed E-state index contributed by atoms with van der Waals surface area (Å²) in [4.78, 5) is 11.7. The van der Waals surface area contributed by atoms with Gasteiger partial charge in [-0.2, -0.15) is 5.10 Å². The lowest BCUT2D eigenvalue weighted by molar-refractivity contribution is 0.106. The molecule has 0 atom stereocenters. The van der Waals surface area contributed by atoms with Gasteiger partial charge in [0.25, 0.3) is 0 Å². The van der Waals surface area contributed by atoms with Crippen molar-refractivity contribution in [3.8, 4) is 0 Å². The van der Waals surface area contributed by atoms with Crippen LogP contribution in [0.1, 0.15) is 23.2 Å². The predicted octanol–water partition coefficient (Wildman–Crippen LogP) is 2.60. The topological polar surface area (TPSA) is 32.7 Å². The SMILES string of the molecule is O=C(C=NN1CCCC1)c1ccc(Cl)cc1. The maximum Gasteiger partial charge on any atom is 0.205 e. The third-order valence-electron chi connectivity index (χ3n) is 2.55. The highest BCUT2D eigenvalue weighted by atomic mass is 35.5. The van der Waals surface area contributed by atoms with Gasteiger partial charge < -0.3 is 0 Å². The second-order valence-electron chi connectivity index (χ2n) is 3.78. The highest BCUT2D eigenvalue weighted by Gasteiger charge is 2.09. The summed E-state index contributed by atoms with van der Waals surface area (Å²) < 4.78 is 0. The lowest BCUT2D eigenvalue weighted by Gasteiger charge is -2.08. The molecule has 1 aliphatic rings. The van der Waals surface area contributed by atoms with Crippen LogP contribution < -0.4 is 0 Å². The van der Waals surface area contributed by atoms with E-state index in [-0.39, 0.29) is 5.78 Å². The number of carbonyl (C=O) groups is 1. The van der Waals surface area contributed by atoms with E-state index in [9.17, 15) is 4.79 Å². The van der Waals surface area contributed by atoms with Crippen molar-refractivity contribution in [1.29, 1.82) is 0 Å². The Morgan fingerprint density at radius 2 is 1.88 bits per heavy atom. The number of carbonyl (C=O) groups excluding carboxylic acids is 1. The summed E-state index contributed by atoms with van der Waals surface area (Å²) in [6.07, 6.45) is 3.70. The van der Waals surface area contributed by atoms with Gasteiger partial charge in [-0.25, -0.2) is 0 Å². The Hall–Kier alpha value is -1.35. The zero-order valence-electron chi connectivity index (χ0n) is 8.90. The molecule has 0 spiro atoms. The Morgan fingerprint density at radius 1 is 1.25 bits per heavy atom. The molecule has 0 aromatic heterocycles. The fourth-order valence-electron chi connectivity index (χ4n) is 1.64. The Morgan fingerprint density at radius 3 is 2.50 bits per heavy atom. The number of hydrogen-bond acceptors (Lipinski definition) is 3. The summed E-state index contributed by atoms with van der Waals surface area (Å²) in [7, 11) is 0. The molecule has 1 saturated heterocycles. The first kappa shape index (κ1) is 11.1. The van der Waals surface area contributed by atoms with Gasteiger partial charge in [0.1, 0.15) is 0 Å². The van der Waals surface area contributed by atoms with Gasteiger partial charge in [0.2, 0.25) is 5.78 Å². The summed E-state index contributed by atoms with van der Waals surface area (Å²) in [5, 5.41) is 6.70. The van der Waals surface area contributed by atoms with Crippen molar-refractivity contribution >= 4 is 23.6 Å². The maximum atomic E-state index is 11.7. The van der Waals surface area contributed by atoms with E-state index < -0.39 is 0 Å². The molecule has 3 nitrogen and oxygen atoms in total. The molecule has 84 valence electrons. The lowest BCUT2D eigenvalue weighted by Crippen LogP contribution is -2.13. The van der Waals surface area contributed by atoms with E-state index in [1.165, 1.54) is 6.21 Å². The van der Waals surface area contributed by atoms with Crippen LogP contribution >= 0.6 is 11.6 Å². The summed E-state index contributed by atoms with van der Waals surface area (Å²) in [6, 6.07) is 6.83. The average molecular weight is 237 g/mol. The zero-order valence-corrected chi connectivity index (χ0v) is 9.65. The molecule has 0 saturated carbocycles. The normalized spacial score (nSPS) is 15.9. The molecule has 1 fully saturated rings. The Balaban J connectivity index is 1.99. The first-order valence-corrected chi connectivity index (χ1v) is 5.72. The van der Waals surface area contributed by atoms with Crippen molar-refractivity contribution in [2.24, 2.45) is 5.10 Å². The number of nitrogens with zero attached hydrogens (tertiary/aromatic N) is 2. The number of hydrogen-bond donors (Lipinski definition) is 0. The molecule has 16 heavy (non-hydrogen) atoms. The van der Waals surface area contributed by atoms with Crippen LogP contribution in [-0.4, -0.2) is 30.1 Å². The molecule has 0 unspecified atom stereocenters. The molecule has 0 radical (unpaired) electrons. The minimum absolute atomic E-state index is 0.0800. The zero-order chi connectivity index (χ0) is 11.4. The van der Waals surface area contributed by atoms with Crippen molar-refractivity contribution in [3.63, 3.8) is 0 Å². The van der Waals surface area contributed by atoms with Crippen molar-refractivity contribution in [2.45, 2.75) is 12.8 Å². The molecular formula is C12H13ClN2O. The molecule has 0 amide bonds. The molecular weight excluding hydrogens is 224 g/mol. The van der Waals surface area contributed by atoms with Gasteiger partial charge in [0.15, 0.2) is 0 Å². The Kier molecular flexibility index (Phi) is 3.57. The van der Waals surface area contributed by atoms with E-state index in [1.54, 1.807) is 24.3 Å². The van der Waals surface area contributed by atoms with Crippen LogP contribution in [0.3, 0.4) is 0 Å². The van der Waals surface area contributed by atoms with E-state index in [0.717, 1.165) is 25.9 Å². The molecule has 0 bridgehead atoms. The van der Waals surface area contributed by atoms with Crippen LogP contribution in [0.25, 0.3) is 0 Å². The molecule has 0 N–H and O–H groups in total. The molecule has 0 aliphatic carbocycles. The maximum absolute atomic E-state index is 11.7. The third kappa shape index (κ3) is 2.83. The summed E-state index contributed by atoms with van der Waals surface area (Å²) >= 11 is 5.74. The number of ketones is 1. The monoisotopic (exact) mass is 236 g/mol. The van der Waals surface area contributed by atoms with Crippen LogP contribution in [0.15, 0.2) is 29.4 Å². The van der Waals surface area contributed by atoms with Gasteiger partial charge in [-0.1, -0.05) is 11.6 Å². The van der Waals surface area contributed by atoms with Crippen LogP contribution in [-0.2, 0) is 0 Å².